The van der Waals surface area contributed by atoms with E-state index in [0.29, 0.717) is 42.3 Å². The van der Waals surface area contributed by atoms with Crippen LogP contribution in [-0.4, -0.2) is 51.2 Å². The van der Waals surface area contributed by atoms with Crippen molar-refractivity contribution in [1.82, 2.24) is 19.8 Å². The number of carbonyl (C=O) groups excluding carboxylic acids is 2. The number of fused-ring (bicyclic) bond motifs is 1. The van der Waals surface area contributed by atoms with Crippen LogP contribution in [0.1, 0.15) is 71.2 Å². The Hall–Kier alpha value is -2.48. The first-order valence-electron chi connectivity index (χ1n) is 11.3. The molecule has 0 aromatic carbocycles. The Labute approximate surface area is 185 Å². The second-order valence-electron chi connectivity index (χ2n) is 8.94. The van der Waals surface area contributed by atoms with Crippen molar-refractivity contribution in [2.75, 3.05) is 19.6 Å². The standard InChI is InChI=1S/C23H28N4O3S/c28-21-17-14-27(23(30)19-8-4-12-31-19)11-9-18(17)24-20(25-21)16-7-3-10-26(13-16)22(29)15-5-1-2-6-15/h4,8,12,15-16H,1-3,5-7,9-11,13-14H2,(H,24,25,28)/t16-/m0/s1. The van der Waals surface area contributed by atoms with Gasteiger partial charge in [-0.1, -0.05) is 18.9 Å². The lowest BCUT2D eigenvalue weighted by atomic mass is 9.94. The molecule has 1 N–H and O–H groups in total. The van der Waals surface area contributed by atoms with Gasteiger partial charge in [0.05, 0.1) is 22.7 Å². The molecule has 2 amide bonds. The zero-order valence-corrected chi connectivity index (χ0v) is 18.5. The zero-order valence-electron chi connectivity index (χ0n) is 17.6. The van der Waals surface area contributed by atoms with Crippen molar-refractivity contribution >= 4 is 23.2 Å². The predicted molar refractivity (Wildman–Crippen MR) is 118 cm³/mol. The number of hydrogen-bond acceptors (Lipinski definition) is 5. The smallest absolute Gasteiger partial charge is 0.264 e. The number of nitrogens with one attached hydrogen (secondary N) is 1. The molecule has 0 unspecified atom stereocenters. The summed E-state index contributed by atoms with van der Waals surface area (Å²) in [5.74, 6) is 1.21. The Kier molecular flexibility index (Phi) is 5.65. The summed E-state index contributed by atoms with van der Waals surface area (Å²) in [5, 5.41) is 1.89. The predicted octanol–water partition coefficient (Wildman–Crippen LogP) is 2.93. The third-order valence-corrected chi connectivity index (χ3v) is 7.79. The van der Waals surface area contributed by atoms with Crippen molar-refractivity contribution in [3.05, 3.63) is 49.8 Å². The van der Waals surface area contributed by atoms with Crippen molar-refractivity contribution in [3.8, 4) is 0 Å². The first kappa shape index (κ1) is 20.4. The van der Waals surface area contributed by atoms with E-state index in [1.165, 1.54) is 11.3 Å². The number of likely N-dealkylation sites (tertiary alicyclic amines) is 1. The number of nitrogens with zero attached hydrogens (tertiary/aromatic N) is 3. The Balaban J connectivity index is 1.32. The van der Waals surface area contributed by atoms with Crippen LogP contribution in [-0.2, 0) is 17.8 Å². The Morgan fingerprint density at radius 3 is 2.71 bits per heavy atom. The van der Waals surface area contributed by atoms with Gasteiger partial charge in [0.25, 0.3) is 11.5 Å². The average molecular weight is 441 g/mol. The molecule has 0 spiro atoms. The molecule has 0 radical (unpaired) electrons. The quantitative estimate of drug-likeness (QED) is 0.795. The average Bonchev–Trinajstić information content (AvgIpc) is 3.52. The van der Waals surface area contributed by atoms with Crippen LogP contribution in [0, 0.1) is 5.92 Å². The molecule has 4 heterocycles. The molecule has 2 aromatic rings. The van der Waals surface area contributed by atoms with Gasteiger partial charge in [-0.2, -0.15) is 0 Å². The molecule has 2 aromatic heterocycles. The molecule has 1 aliphatic carbocycles. The minimum absolute atomic E-state index is 0.0301. The summed E-state index contributed by atoms with van der Waals surface area (Å²) < 4.78 is 0. The van der Waals surface area contributed by atoms with E-state index in [1.54, 1.807) is 4.90 Å². The second-order valence-corrected chi connectivity index (χ2v) is 9.88. The highest BCUT2D eigenvalue weighted by Gasteiger charge is 2.33. The normalized spacial score (nSPS) is 21.9. The monoisotopic (exact) mass is 440 g/mol. The van der Waals surface area contributed by atoms with Crippen LogP contribution in [0.3, 0.4) is 0 Å². The number of hydrogen-bond donors (Lipinski definition) is 1. The van der Waals surface area contributed by atoms with Crippen LogP contribution < -0.4 is 5.56 Å². The van der Waals surface area contributed by atoms with E-state index in [2.05, 4.69) is 4.98 Å². The molecule has 7 nitrogen and oxygen atoms in total. The lowest BCUT2D eigenvalue weighted by molar-refractivity contribution is -0.136. The number of thiophene rings is 1. The maximum atomic E-state index is 12.9. The van der Waals surface area contributed by atoms with Crippen LogP contribution in [0.5, 0.6) is 0 Å². The van der Waals surface area contributed by atoms with E-state index >= 15 is 0 Å². The summed E-state index contributed by atoms with van der Waals surface area (Å²) in [4.78, 5) is 50.7. The molecular formula is C23H28N4O3S. The van der Waals surface area contributed by atoms with Crippen molar-refractivity contribution in [2.24, 2.45) is 5.92 Å². The maximum Gasteiger partial charge on any atom is 0.264 e. The molecule has 1 saturated carbocycles. The first-order chi connectivity index (χ1) is 15.1. The van der Waals surface area contributed by atoms with Gasteiger partial charge in [0.2, 0.25) is 5.91 Å². The number of rotatable bonds is 3. The summed E-state index contributed by atoms with van der Waals surface area (Å²) in [6.07, 6.45) is 6.77. The van der Waals surface area contributed by atoms with Crippen LogP contribution in [0.4, 0.5) is 0 Å². The fraction of sp³-hybridized carbons (Fsp3) is 0.565. The minimum Gasteiger partial charge on any atom is -0.342 e. The van der Waals surface area contributed by atoms with Crippen LogP contribution >= 0.6 is 11.3 Å². The summed E-state index contributed by atoms with van der Waals surface area (Å²) in [7, 11) is 0. The molecule has 2 aliphatic heterocycles. The highest BCUT2D eigenvalue weighted by molar-refractivity contribution is 7.12. The van der Waals surface area contributed by atoms with E-state index in [0.717, 1.165) is 50.8 Å². The summed E-state index contributed by atoms with van der Waals surface area (Å²) in [6, 6.07) is 3.68. The minimum atomic E-state index is -0.150. The summed E-state index contributed by atoms with van der Waals surface area (Å²) in [5.41, 5.74) is 1.24. The zero-order chi connectivity index (χ0) is 21.4. The molecule has 164 valence electrons. The van der Waals surface area contributed by atoms with E-state index in [4.69, 9.17) is 4.98 Å². The van der Waals surface area contributed by atoms with Gasteiger partial charge in [-0.25, -0.2) is 4.98 Å². The fourth-order valence-electron chi connectivity index (χ4n) is 5.20. The molecule has 1 saturated heterocycles. The SMILES string of the molecule is O=C(c1cccs1)N1CCc2nc([C@H]3CCCN(C(=O)C4CCCC4)C3)[nH]c(=O)c2C1. The summed E-state index contributed by atoms with van der Waals surface area (Å²) >= 11 is 1.42. The third-order valence-electron chi connectivity index (χ3n) is 6.93. The lowest BCUT2D eigenvalue weighted by Gasteiger charge is -2.34. The van der Waals surface area contributed by atoms with Gasteiger partial charge in [-0.3, -0.25) is 14.4 Å². The Morgan fingerprint density at radius 1 is 1.10 bits per heavy atom. The molecule has 31 heavy (non-hydrogen) atoms. The van der Waals surface area contributed by atoms with E-state index < -0.39 is 0 Å². The third kappa shape index (κ3) is 4.05. The highest BCUT2D eigenvalue weighted by atomic mass is 32.1. The van der Waals surface area contributed by atoms with Gasteiger partial charge in [0, 0.05) is 37.9 Å². The number of carbonyl (C=O) groups is 2. The lowest BCUT2D eigenvalue weighted by Crippen LogP contribution is -2.43. The Morgan fingerprint density at radius 2 is 1.94 bits per heavy atom. The maximum absolute atomic E-state index is 12.9. The number of piperidine rings is 1. The topological polar surface area (TPSA) is 86.4 Å². The molecule has 8 heteroatoms. The second kappa shape index (κ2) is 8.57. The highest BCUT2D eigenvalue weighted by Crippen LogP contribution is 2.31. The van der Waals surface area contributed by atoms with E-state index in [9.17, 15) is 14.4 Å². The summed E-state index contributed by atoms with van der Waals surface area (Å²) in [6.45, 7) is 2.31. The van der Waals surface area contributed by atoms with E-state index in [-0.39, 0.29) is 29.2 Å². The van der Waals surface area contributed by atoms with Crippen molar-refractivity contribution in [2.45, 2.75) is 57.4 Å². The van der Waals surface area contributed by atoms with Crippen molar-refractivity contribution in [1.29, 1.82) is 0 Å². The molecule has 3 aliphatic rings. The number of aromatic amines is 1. The van der Waals surface area contributed by atoms with Gasteiger partial charge < -0.3 is 14.8 Å². The van der Waals surface area contributed by atoms with Gasteiger partial charge in [0.15, 0.2) is 0 Å². The van der Waals surface area contributed by atoms with Gasteiger partial charge in [-0.15, -0.1) is 11.3 Å². The first-order valence-corrected chi connectivity index (χ1v) is 12.2. The molecule has 5 rings (SSSR count). The Bertz CT molecular complexity index is 1030. The van der Waals surface area contributed by atoms with Gasteiger partial charge >= 0.3 is 0 Å². The number of amides is 2. The van der Waals surface area contributed by atoms with Gasteiger partial charge in [0.1, 0.15) is 5.82 Å². The van der Waals surface area contributed by atoms with Crippen molar-refractivity contribution in [3.63, 3.8) is 0 Å². The van der Waals surface area contributed by atoms with Crippen molar-refractivity contribution < 1.29 is 9.59 Å². The molecule has 0 bridgehead atoms. The van der Waals surface area contributed by atoms with Crippen LogP contribution in [0.25, 0.3) is 0 Å². The van der Waals surface area contributed by atoms with Crippen LogP contribution in [0.2, 0.25) is 0 Å². The molecule has 1 atom stereocenters. The van der Waals surface area contributed by atoms with Gasteiger partial charge in [-0.05, 0) is 37.1 Å². The van der Waals surface area contributed by atoms with E-state index in [1.807, 2.05) is 22.4 Å². The largest absolute Gasteiger partial charge is 0.342 e. The fourth-order valence-corrected chi connectivity index (χ4v) is 5.89. The molecule has 2 fully saturated rings. The number of H-pyrrole nitrogens is 1. The number of aromatic nitrogens is 2. The van der Waals surface area contributed by atoms with Crippen LogP contribution in [0.15, 0.2) is 22.3 Å². The molecular weight excluding hydrogens is 412 g/mol.